The smallest absolute Gasteiger partial charge is 0.280 e. The Morgan fingerprint density at radius 3 is 2.92 bits per heavy atom. The fourth-order valence-electron chi connectivity index (χ4n) is 2.71. The van der Waals surface area contributed by atoms with Gasteiger partial charge in [-0.25, -0.2) is 4.98 Å². The Morgan fingerprint density at radius 1 is 1.50 bits per heavy atom. The highest BCUT2D eigenvalue weighted by molar-refractivity contribution is 9.10. The van der Waals surface area contributed by atoms with Crippen LogP contribution in [0.5, 0.6) is 0 Å². The largest absolute Gasteiger partial charge is 0.394 e. The van der Waals surface area contributed by atoms with Gasteiger partial charge in [-0.15, -0.1) is 0 Å². The minimum absolute atomic E-state index is 0.0653. The van der Waals surface area contributed by atoms with Gasteiger partial charge in [-0.3, -0.25) is 14.3 Å². The standard InChI is InChI=1S/C13H18BrN5O5/c1-2-3-23-8-7(21)5(4-20)24-11(8)19-9-6(16-12(19)14)10(22)18-13(15)17-9/h5,7-8,11,20-21H,2-4H2,1H3,(H3,15,17,18,22)/t5-,7-,8-,11-/m1/s1. The SMILES string of the molecule is CCCO[C@@H]1[C@H](O)[C@@H](CO)O[C@H]1n1c(Br)nc2c(=O)[nH]c(N)nc21. The van der Waals surface area contributed by atoms with Crippen molar-refractivity contribution in [3.05, 3.63) is 15.1 Å². The van der Waals surface area contributed by atoms with E-state index in [-0.39, 0.29) is 28.5 Å². The summed E-state index contributed by atoms with van der Waals surface area (Å²) in [6.07, 6.45) is -2.68. The van der Waals surface area contributed by atoms with Gasteiger partial charge >= 0.3 is 0 Å². The zero-order chi connectivity index (χ0) is 17.4. The lowest BCUT2D eigenvalue weighted by Gasteiger charge is -2.22. The number of hydrogen-bond donors (Lipinski definition) is 4. The fourth-order valence-corrected chi connectivity index (χ4v) is 3.26. The van der Waals surface area contributed by atoms with Crippen molar-refractivity contribution in [1.82, 2.24) is 19.5 Å². The van der Waals surface area contributed by atoms with Crippen LogP contribution in [0.4, 0.5) is 5.95 Å². The third-order valence-electron chi connectivity index (χ3n) is 3.79. The molecule has 0 saturated carbocycles. The molecule has 2 aromatic heterocycles. The van der Waals surface area contributed by atoms with Gasteiger partial charge in [0.15, 0.2) is 22.1 Å². The van der Waals surface area contributed by atoms with Gasteiger partial charge < -0.3 is 25.4 Å². The third-order valence-corrected chi connectivity index (χ3v) is 4.35. The van der Waals surface area contributed by atoms with Crippen molar-refractivity contribution in [3.63, 3.8) is 0 Å². The van der Waals surface area contributed by atoms with E-state index in [0.717, 1.165) is 6.42 Å². The highest BCUT2D eigenvalue weighted by Gasteiger charge is 2.46. The number of nitrogens with two attached hydrogens (primary N) is 1. The van der Waals surface area contributed by atoms with Crippen LogP contribution in [0, 0.1) is 0 Å². The van der Waals surface area contributed by atoms with Gasteiger partial charge in [0, 0.05) is 6.61 Å². The first-order valence-electron chi connectivity index (χ1n) is 7.47. The molecule has 4 atom stereocenters. The molecule has 11 heteroatoms. The third kappa shape index (κ3) is 2.82. The van der Waals surface area contributed by atoms with Gasteiger partial charge in [0.1, 0.15) is 18.3 Å². The molecular formula is C13H18BrN5O5. The first-order chi connectivity index (χ1) is 11.5. The van der Waals surface area contributed by atoms with Gasteiger partial charge in [0.2, 0.25) is 5.95 Å². The first kappa shape index (κ1) is 17.3. The average molecular weight is 404 g/mol. The van der Waals surface area contributed by atoms with E-state index in [1.165, 1.54) is 4.57 Å². The van der Waals surface area contributed by atoms with Crippen molar-refractivity contribution in [1.29, 1.82) is 0 Å². The Kier molecular flexibility index (Phi) is 4.88. The van der Waals surface area contributed by atoms with E-state index in [2.05, 4.69) is 30.9 Å². The Labute approximate surface area is 144 Å². The number of aliphatic hydroxyl groups is 2. The maximum atomic E-state index is 12.0. The summed E-state index contributed by atoms with van der Waals surface area (Å²) < 4.78 is 13.2. The number of anilines is 1. The van der Waals surface area contributed by atoms with Gasteiger partial charge in [-0.05, 0) is 22.4 Å². The maximum Gasteiger partial charge on any atom is 0.280 e. The van der Waals surface area contributed by atoms with Crippen LogP contribution in [0.25, 0.3) is 11.2 Å². The Morgan fingerprint density at radius 2 is 2.25 bits per heavy atom. The Hall–Kier alpha value is -1.53. The molecule has 1 aliphatic rings. The van der Waals surface area contributed by atoms with Crippen LogP contribution in [0.3, 0.4) is 0 Å². The minimum atomic E-state index is -1.03. The predicted molar refractivity (Wildman–Crippen MR) is 87.3 cm³/mol. The van der Waals surface area contributed by atoms with Crippen LogP contribution in [0.1, 0.15) is 19.6 Å². The van der Waals surface area contributed by atoms with E-state index < -0.39 is 30.1 Å². The second-order valence-electron chi connectivity index (χ2n) is 5.45. The number of fused-ring (bicyclic) bond motifs is 1. The molecule has 3 heterocycles. The van der Waals surface area contributed by atoms with Crippen LogP contribution in [0.2, 0.25) is 0 Å². The van der Waals surface area contributed by atoms with E-state index in [0.29, 0.717) is 6.61 Å². The van der Waals surface area contributed by atoms with Gasteiger partial charge in [0.25, 0.3) is 5.56 Å². The lowest BCUT2D eigenvalue weighted by molar-refractivity contribution is -0.0713. The van der Waals surface area contributed by atoms with Gasteiger partial charge in [0.05, 0.1) is 6.61 Å². The number of H-pyrrole nitrogens is 1. The molecule has 0 unspecified atom stereocenters. The Bertz CT molecular complexity index is 793. The molecule has 10 nitrogen and oxygen atoms in total. The molecule has 0 aromatic carbocycles. The molecular weight excluding hydrogens is 386 g/mol. The molecule has 2 aromatic rings. The van der Waals surface area contributed by atoms with Crippen LogP contribution >= 0.6 is 15.9 Å². The molecule has 3 rings (SSSR count). The lowest BCUT2D eigenvalue weighted by Crippen LogP contribution is -2.35. The lowest BCUT2D eigenvalue weighted by atomic mass is 10.1. The van der Waals surface area contributed by atoms with Gasteiger partial charge in [-0.2, -0.15) is 4.98 Å². The molecule has 0 spiro atoms. The second-order valence-corrected chi connectivity index (χ2v) is 6.16. The van der Waals surface area contributed by atoms with E-state index in [1.807, 2.05) is 6.92 Å². The topological polar surface area (TPSA) is 149 Å². The van der Waals surface area contributed by atoms with E-state index in [1.54, 1.807) is 0 Å². The molecule has 0 radical (unpaired) electrons. The summed E-state index contributed by atoms with van der Waals surface area (Å²) >= 11 is 3.27. The highest BCUT2D eigenvalue weighted by Crippen LogP contribution is 2.35. The summed E-state index contributed by atoms with van der Waals surface area (Å²) in [5.41, 5.74) is 5.40. The number of nitrogens with zero attached hydrogens (tertiary/aromatic N) is 3. The molecule has 1 fully saturated rings. The van der Waals surface area contributed by atoms with Crippen LogP contribution in [-0.2, 0) is 9.47 Å². The summed E-state index contributed by atoms with van der Waals surface area (Å²) in [6.45, 7) is 1.97. The van der Waals surface area contributed by atoms with E-state index in [4.69, 9.17) is 15.2 Å². The van der Waals surface area contributed by atoms with Crippen molar-refractivity contribution in [2.75, 3.05) is 18.9 Å². The Balaban J connectivity index is 2.10. The van der Waals surface area contributed by atoms with Crippen molar-refractivity contribution in [3.8, 4) is 0 Å². The number of rotatable bonds is 5. The van der Waals surface area contributed by atoms with Gasteiger partial charge in [-0.1, -0.05) is 6.92 Å². The van der Waals surface area contributed by atoms with Crippen LogP contribution < -0.4 is 11.3 Å². The number of hydrogen-bond acceptors (Lipinski definition) is 8. The maximum absolute atomic E-state index is 12.0. The molecule has 1 saturated heterocycles. The number of aromatic nitrogens is 4. The summed E-state index contributed by atoms with van der Waals surface area (Å²) in [5, 5.41) is 19.7. The molecule has 0 aliphatic carbocycles. The predicted octanol–water partition coefficient (Wildman–Crippen LogP) is -0.490. The normalized spacial score (nSPS) is 27.2. The van der Waals surface area contributed by atoms with Crippen molar-refractivity contribution < 1.29 is 19.7 Å². The van der Waals surface area contributed by atoms with Crippen molar-refractivity contribution in [2.45, 2.75) is 37.9 Å². The number of aromatic amines is 1. The van der Waals surface area contributed by atoms with Crippen molar-refractivity contribution in [2.24, 2.45) is 0 Å². The van der Waals surface area contributed by atoms with E-state index >= 15 is 0 Å². The monoisotopic (exact) mass is 403 g/mol. The molecule has 24 heavy (non-hydrogen) atoms. The number of aliphatic hydroxyl groups excluding tert-OH is 2. The average Bonchev–Trinajstić information content (AvgIpc) is 3.02. The molecule has 5 N–H and O–H groups in total. The fraction of sp³-hybridized carbons (Fsp3) is 0.615. The summed E-state index contributed by atoms with van der Waals surface area (Å²) in [6, 6.07) is 0. The zero-order valence-electron chi connectivity index (χ0n) is 12.8. The summed E-state index contributed by atoms with van der Waals surface area (Å²) in [4.78, 5) is 22.6. The molecule has 0 bridgehead atoms. The number of halogens is 1. The summed E-state index contributed by atoms with van der Waals surface area (Å²) in [7, 11) is 0. The second kappa shape index (κ2) is 6.76. The molecule has 0 amide bonds. The molecule has 1 aliphatic heterocycles. The number of nitrogen functional groups attached to an aromatic ring is 1. The first-order valence-corrected chi connectivity index (χ1v) is 8.26. The number of imidazole rings is 1. The number of ether oxygens (including phenoxy) is 2. The minimum Gasteiger partial charge on any atom is -0.394 e. The van der Waals surface area contributed by atoms with Crippen molar-refractivity contribution >= 4 is 33.0 Å². The van der Waals surface area contributed by atoms with E-state index in [9.17, 15) is 15.0 Å². The number of nitrogens with one attached hydrogen (secondary N) is 1. The molecule has 132 valence electrons. The quantitative estimate of drug-likeness (QED) is 0.488. The zero-order valence-corrected chi connectivity index (χ0v) is 14.4. The van der Waals surface area contributed by atoms with Crippen LogP contribution in [-0.4, -0.2) is 61.3 Å². The summed E-state index contributed by atoms with van der Waals surface area (Å²) in [5.74, 6) is -0.0653. The van der Waals surface area contributed by atoms with Crippen LogP contribution in [0.15, 0.2) is 9.53 Å². The highest BCUT2D eigenvalue weighted by atomic mass is 79.9.